The van der Waals surface area contributed by atoms with Gasteiger partial charge in [-0.15, -0.1) is 24.7 Å². The molecule has 94 valence electrons. The summed E-state index contributed by atoms with van der Waals surface area (Å²) in [4.78, 5) is 12.6. The van der Waals surface area contributed by atoms with Crippen molar-refractivity contribution in [3.05, 3.63) is 0 Å². The molecule has 0 aliphatic heterocycles. The van der Waals surface area contributed by atoms with Crippen molar-refractivity contribution < 1.29 is 9.90 Å². The van der Waals surface area contributed by atoms with Crippen LogP contribution in [0.2, 0.25) is 0 Å². The van der Waals surface area contributed by atoms with Crippen molar-refractivity contribution in [3.8, 4) is 24.7 Å². The molecular weight excluding hydrogens is 214 g/mol. The molecule has 0 saturated carbocycles. The van der Waals surface area contributed by atoms with Gasteiger partial charge in [-0.05, 0) is 38.8 Å². The van der Waals surface area contributed by atoms with Gasteiger partial charge in [0.2, 0.25) is 0 Å². The van der Waals surface area contributed by atoms with Gasteiger partial charge in [0.05, 0.1) is 6.54 Å². The summed E-state index contributed by atoms with van der Waals surface area (Å²) in [5.74, 6) is 4.39. The average molecular weight is 235 g/mol. The van der Waals surface area contributed by atoms with Crippen LogP contribution in [-0.2, 0) is 4.79 Å². The highest BCUT2D eigenvalue weighted by Crippen LogP contribution is 2.02. The van der Waals surface area contributed by atoms with Crippen molar-refractivity contribution in [3.63, 3.8) is 0 Å². The van der Waals surface area contributed by atoms with Gasteiger partial charge in [0, 0.05) is 12.8 Å². The largest absolute Gasteiger partial charge is 0.480 e. The molecule has 0 spiro atoms. The van der Waals surface area contributed by atoms with Crippen molar-refractivity contribution in [2.45, 2.75) is 38.5 Å². The number of nitrogens with zero attached hydrogens (tertiary/aromatic N) is 1. The summed E-state index contributed by atoms with van der Waals surface area (Å²) in [5, 5.41) is 8.78. The first kappa shape index (κ1) is 15.6. The Labute approximate surface area is 104 Å². The lowest BCUT2D eigenvalue weighted by molar-refractivity contribution is -0.138. The Kier molecular flexibility index (Phi) is 10.1. The van der Waals surface area contributed by atoms with Gasteiger partial charge in [-0.1, -0.05) is 0 Å². The second-order valence-electron chi connectivity index (χ2n) is 3.99. The molecule has 0 unspecified atom stereocenters. The van der Waals surface area contributed by atoms with E-state index in [9.17, 15) is 4.79 Å². The van der Waals surface area contributed by atoms with Crippen molar-refractivity contribution >= 4 is 5.97 Å². The predicted octanol–water partition coefficient (Wildman–Crippen LogP) is 1.98. The molecular formula is C14H21NO2. The molecule has 3 heteroatoms. The molecule has 17 heavy (non-hydrogen) atoms. The number of hydrogen-bond donors (Lipinski definition) is 1. The van der Waals surface area contributed by atoms with Gasteiger partial charge in [-0.25, -0.2) is 0 Å². The Hall–Kier alpha value is -1.45. The van der Waals surface area contributed by atoms with Crippen molar-refractivity contribution in [1.82, 2.24) is 4.90 Å². The van der Waals surface area contributed by atoms with Gasteiger partial charge in [0.1, 0.15) is 0 Å². The number of rotatable bonds is 10. The van der Waals surface area contributed by atoms with Crippen LogP contribution >= 0.6 is 0 Å². The van der Waals surface area contributed by atoms with Crippen molar-refractivity contribution in [1.29, 1.82) is 0 Å². The Morgan fingerprint density at radius 3 is 1.82 bits per heavy atom. The van der Waals surface area contributed by atoms with Crippen LogP contribution in [0.4, 0.5) is 0 Å². The standard InChI is InChI=1S/C14H21NO2/c1-3-5-7-9-11-15(13-14(16)17)12-10-8-6-4-2/h1-2H,5-13H2,(H,16,17). The topological polar surface area (TPSA) is 40.5 Å². The van der Waals surface area contributed by atoms with E-state index < -0.39 is 5.97 Å². The Morgan fingerprint density at radius 1 is 1.00 bits per heavy atom. The zero-order chi connectivity index (χ0) is 12.9. The molecule has 0 fully saturated rings. The van der Waals surface area contributed by atoms with E-state index in [2.05, 4.69) is 11.8 Å². The van der Waals surface area contributed by atoms with E-state index in [0.717, 1.165) is 51.6 Å². The van der Waals surface area contributed by atoms with Crippen LogP contribution in [0.1, 0.15) is 38.5 Å². The van der Waals surface area contributed by atoms with Gasteiger partial charge in [0.15, 0.2) is 0 Å². The van der Waals surface area contributed by atoms with Crippen LogP contribution in [0.5, 0.6) is 0 Å². The van der Waals surface area contributed by atoms with Gasteiger partial charge in [-0.3, -0.25) is 9.69 Å². The minimum absolute atomic E-state index is 0.103. The maximum Gasteiger partial charge on any atom is 0.317 e. The minimum atomic E-state index is -0.779. The molecule has 0 saturated heterocycles. The third-order valence-electron chi connectivity index (χ3n) is 2.45. The van der Waals surface area contributed by atoms with Gasteiger partial charge < -0.3 is 5.11 Å². The highest BCUT2D eigenvalue weighted by atomic mass is 16.4. The lowest BCUT2D eigenvalue weighted by Gasteiger charge is -2.19. The van der Waals surface area contributed by atoms with E-state index in [1.165, 1.54) is 0 Å². The summed E-state index contributed by atoms with van der Waals surface area (Å²) in [6.45, 7) is 1.69. The first-order valence-electron chi connectivity index (χ1n) is 6.01. The molecule has 3 nitrogen and oxygen atoms in total. The number of hydrogen-bond acceptors (Lipinski definition) is 2. The van der Waals surface area contributed by atoms with E-state index in [-0.39, 0.29) is 6.54 Å². The summed E-state index contributed by atoms with van der Waals surface area (Å²) < 4.78 is 0. The Bertz CT molecular complexity index is 264. The molecule has 0 rings (SSSR count). The fourth-order valence-corrected chi connectivity index (χ4v) is 1.59. The SMILES string of the molecule is C#CCCCCN(CCCCC#C)CC(=O)O. The first-order chi connectivity index (χ1) is 8.20. The molecule has 0 aromatic carbocycles. The van der Waals surface area contributed by atoms with Crippen LogP contribution in [-0.4, -0.2) is 35.6 Å². The molecule has 0 aliphatic rings. The molecule has 0 bridgehead atoms. The quantitative estimate of drug-likeness (QED) is 0.465. The zero-order valence-electron chi connectivity index (χ0n) is 10.3. The number of carbonyl (C=O) groups is 1. The first-order valence-corrected chi connectivity index (χ1v) is 6.01. The van der Waals surface area contributed by atoms with Crippen LogP contribution in [0.25, 0.3) is 0 Å². The summed E-state index contributed by atoms with van der Waals surface area (Å²) in [6.07, 6.45) is 15.7. The maximum absolute atomic E-state index is 10.7. The molecule has 0 heterocycles. The van der Waals surface area contributed by atoms with E-state index >= 15 is 0 Å². The third kappa shape index (κ3) is 10.8. The summed E-state index contributed by atoms with van der Waals surface area (Å²) in [5.41, 5.74) is 0. The number of carboxylic acids is 1. The number of terminal acetylenes is 2. The van der Waals surface area contributed by atoms with E-state index in [1.807, 2.05) is 4.90 Å². The number of carboxylic acid groups (broad SMARTS) is 1. The lowest BCUT2D eigenvalue weighted by Crippen LogP contribution is -2.31. The van der Waals surface area contributed by atoms with Crippen LogP contribution < -0.4 is 0 Å². The van der Waals surface area contributed by atoms with Gasteiger partial charge in [-0.2, -0.15) is 0 Å². The summed E-state index contributed by atoms with van der Waals surface area (Å²) in [6, 6.07) is 0. The average Bonchev–Trinajstić information content (AvgIpc) is 2.29. The molecule has 0 aliphatic carbocycles. The second kappa shape index (κ2) is 11.0. The fraction of sp³-hybridized carbons (Fsp3) is 0.643. The minimum Gasteiger partial charge on any atom is -0.480 e. The third-order valence-corrected chi connectivity index (χ3v) is 2.45. The smallest absolute Gasteiger partial charge is 0.317 e. The van der Waals surface area contributed by atoms with Crippen LogP contribution in [0, 0.1) is 24.7 Å². The normalized spacial score (nSPS) is 9.82. The zero-order valence-corrected chi connectivity index (χ0v) is 10.3. The second-order valence-corrected chi connectivity index (χ2v) is 3.99. The van der Waals surface area contributed by atoms with E-state index in [1.54, 1.807) is 0 Å². The predicted molar refractivity (Wildman–Crippen MR) is 69.4 cm³/mol. The fourth-order valence-electron chi connectivity index (χ4n) is 1.59. The lowest BCUT2D eigenvalue weighted by atomic mass is 10.2. The summed E-state index contributed by atoms with van der Waals surface area (Å²) in [7, 11) is 0. The number of unbranched alkanes of at least 4 members (excludes halogenated alkanes) is 4. The molecule has 1 N–H and O–H groups in total. The maximum atomic E-state index is 10.7. The van der Waals surface area contributed by atoms with Crippen molar-refractivity contribution in [2.75, 3.05) is 19.6 Å². The highest BCUT2D eigenvalue weighted by molar-refractivity contribution is 5.69. The number of aliphatic carboxylic acids is 1. The van der Waals surface area contributed by atoms with Crippen LogP contribution in [0.3, 0.4) is 0 Å². The summed E-state index contributed by atoms with van der Waals surface area (Å²) >= 11 is 0. The van der Waals surface area contributed by atoms with Gasteiger partial charge in [0.25, 0.3) is 0 Å². The van der Waals surface area contributed by atoms with Crippen LogP contribution in [0.15, 0.2) is 0 Å². The molecule has 0 aromatic rings. The van der Waals surface area contributed by atoms with E-state index in [4.69, 9.17) is 18.0 Å². The highest BCUT2D eigenvalue weighted by Gasteiger charge is 2.08. The molecule has 0 radical (unpaired) electrons. The molecule has 0 atom stereocenters. The Balaban J connectivity index is 3.77. The van der Waals surface area contributed by atoms with Crippen molar-refractivity contribution in [2.24, 2.45) is 0 Å². The van der Waals surface area contributed by atoms with E-state index in [0.29, 0.717) is 0 Å². The molecule has 0 aromatic heterocycles. The van der Waals surface area contributed by atoms with Gasteiger partial charge >= 0.3 is 5.97 Å². The Morgan fingerprint density at radius 2 is 1.47 bits per heavy atom. The monoisotopic (exact) mass is 235 g/mol. The molecule has 0 amide bonds.